The molecule has 0 aliphatic heterocycles. The molecule has 58 heavy (non-hydrogen) atoms. The molecule has 0 spiro atoms. The maximum Gasteiger partial charge on any atom is 0.396 e. The largest absolute Gasteiger partial charge is 0.748 e. The molecular weight excluding hydrogens is 851 g/mol. The Morgan fingerprint density at radius 2 is 0.828 bits per heavy atom. The van der Waals surface area contributed by atoms with Crippen molar-refractivity contribution in [1.29, 1.82) is 0 Å². The van der Waals surface area contributed by atoms with Crippen LogP contribution in [-0.2, 0) is 42.0 Å². The molecule has 0 amide bonds. The molecule has 8 nitrogen and oxygen atoms in total. The van der Waals surface area contributed by atoms with E-state index in [9.17, 15) is 22.0 Å². The standard InChI is InChI=1S/C19H15F6OS.C19H17OS.2CH4O3S/c1-26-13-7-9-15(10-8-13)27(14-5-3-2-4-6-14)17(21)12-11-16(20)18(22,23)19(17,24)25;1-20-16-12-14-19(15-13-16)21(17-8-4-2-5-9-17)18-10-6-3-7-11-18;2*1-5(2,3)4/h2-12,16H,1H3;2-15H,1H3;2*1H3,(H,2,3,4)/q2*+1;;/p-2. The number of ether oxygens (including phenoxy) is 2. The van der Waals surface area contributed by atoms with Gasteiger partial charge in [0.05, 0.1) is 45.4 Å². The van der Waals surface area contributed by atoms with Gasteiger partial charge in [0.25, 0.3) is 0 Å². The Morgan fingerprint density at radius 3 is 1.17 bits per heavy atom. The highest BCUT2D eigenvalue weighted by molar-refractivity contribution is 7.98. The second-order valence-electron chi connectivity index (χ2n) is 11.9. The normalized spacial score (nSPS) is 18.5. The van der Waals surface area contributed by atoms with E-state index in [0.717, 1.165) is 5.75 Å². The van der Waals surface area contributed by atoms with Gasteiger partial charge in [-0.25, -0.2) is 21.2 Å². The molecule has 6 rings (SSSR count). The Kier molecular flexibility index (Phi) is 16.9. The van der Waals surface area contributed by atoms with Crippen LogP contribution >= 0.6 is 0 Å². The van der Waals surface area contributed by atoms with Gasteiger partial charge in [0.15, 0.2) is 30.6 Å². The third-order valence-corrected chi connectivity index (χ3v) is 12.2. The Balaban J connectivity index is 0.000000256. The molecule has 1 aliphatic carbocycles. The van der Waals surface area contributed by atoms with Gasteiger partial charge in [-0.2, -0.15) is 22.0 Å². The lowest BCUT2D eigenvalue weighted by Gasteiger charge is -2.38. The van der Waals surface area contributed by atoms with E-state index in [1.807, 2.05) is 12.1 Å². The predicted octanol–water partition coefficient (Wildman–Crippen LogP) is 8.69. The minimum Gasteiger partial charge on any atom is -0.748 e. The van der Waals surface area contributed by atoms with Crippen molar-refractivity contribution in [1.82, 2.24) is 0 Å². The first-order valence-electron chi connectivity index (χ1n) is 16.5. The van der Waals surface area contributed by atoms with E-state index < -0.39 is 54.1 Å². The number of rotatable bonds is 8. The second-order valence-corrected chi connectivity index (χ2v) is 18.9. The van der Waals surface area contributed by atoms with Gasteiger partial charge in [-0.05, 0) is 91.0 Å². The fourth-order valence-electron chi connectivity index (χ4n) is 5.01. The summed E-state index contributed by atoms with van der Waals surface area (Å²) in [6.45, 7) is 0. The van der Waals surface area contributed by atoms with Crippen LogP contribution in [0.2, 0.25) is 0 Å². The van der Waals surface area contributed by atoms with Gasteiger partial charge in [0.1, 0.15) is 22.4 Å². The van der Waals surface area contributed by atoms with Gasteiger partial charge in [0, 0.05) is 18.6 Å². The molecule has 18 heteroatoms. The SMILES string of the molecule is COc1ccc([S+](c2ccccc2)C2(F)C=CC(F)C(F)(F)C2(F)F)cc1.COc1ccc([S+](c2ccccc2)c2ccccc2)cc1.CS(=O)(=O)[O-].CS(=O)(=O)[O-]. The van der Waals surface area contributed by atoms with Crippen LogP contribution in [0.5, 0.6) is 11.5 Å². The molecule has 312 valence electrons. The highest BCUT2D eigenvalue weighted by atomic mass is 32.2. The molecule has 0 bridgehead atoms. The third kappa shape index (κ3) is 13.3. The molecule has 5 aromatic rings. The van der Waals surface area contributed by atoms with Crippen molar-refractivity contribution in [2.75, 3.05) is 26.7 Å². The van der Waals surface area contributed by atoms with Crippen LogP contribution in [0.25, 0.3) is 0 Å². The molecule has 0 fully saturated rings. The Labute approximate surface area is 339 Å². The van der Waals surface area contributed by atoms with Crippen LogP contribution < -0.4 is 9.47 Å². The first-order chi connectivity index (χ1) is 27.0. The Morgan fingerprint density at radius 1 is 0.534 bits per heavy atom. The Hall–Kier alpha value is -4.46. The van der Waals surface area contributed by atoms with Gasteiger partial charge in [-0.15, -0.1) is 0 Å². The van der Waals surface area contributed by atoms with Gasteiger partial charge < -0.3 is 18.6 Å². The lowest BCUT2D eigenvalue weighted by Crippen LogP contribution is -2.64. The summed E-state index contributed by atoms with van der Waals surface area (Å²) < 4.78 is 151. The zero-order valence-corrected chi connectivity index (χ0v) is 34.4. The summed E-state index contributed by atoms with van der Waals surface area (Å²) in [6.07, 6.45) is -1.66. The fourth-order valence-corrected chi connectivity index (χ4v) is 9.50. The fraction of sp³-hybridized carbons (Fsp3) is 0.200. The van der Waals surface area contributed by atoms with Crippen LogP contribution in [0, 0.1) is 0 Å². The summed E-state index contributed by atoms with van der Waals surface area (Å²) >= 11 is 0. The minimum atomic E-state index is -5.26. The van der Waals surface area contributed by atoms with Crippen molar-refractivity contribution in [3.8, 4) is 11.5 Å². The van der Waals surface area contributed by atoms with Crippen LogP contribution in [-0.4, -0.2) is 75.7 Å². The summed E-state index contributed by atoms with van der Waals surface area (Å²) in [5, 5.41) is -3.81. The average molecular weight is 889 g/mol. The topological polar surface area (TPSA) is 133 Å². The molecule has 0 radical (unpaired) electrons. The zero-order chi connectivity index (χ0) is 43.4. The number of methoxy groups -OCH3 is 2. The van der Waals surface area contributed by atoms with Crippen molar-refractivity contribution in [3.63, 3.8) is 0 Å². The second kappa shape index (κ2) is 20.5. The number of benzene rings is 5. The quantitative estimate of drug-likeness (QED) is 0.0655. The van der Waals surface area contributed by atoms with Gasteiger partial charge in [-0.1, -0.05) is 54.6 Å². The Bertz CT molecular complexity index is 2190. The highest BCUT2D eigenvalue weighted by Crippen LogP contribution is 2.57. The van der Waals surface area contributed by atoms with Crippen molar-refractivity contribution < 1.29 is 61.8 Å². The summed E-state index contributed by atoms with van der Waals surface area (Å²) in [7, 11) is -6.97. The molecule has 3 atom stereocenters. The zero-order valence-electron chi connectivity index (χ0n) is 31.2. The number of hydrogen-bond acceptors (Lipinski definition) is 8. The van der Waals surface area contributed by atoms with Gasteiger partial charge in [-0.3, -0.25) is 0 Å². The van der Waals surface area contributed by atoms with Crippen molar-refractivity contribution in [3.05, 3.63) is 152 Å². The van der Waals surface area contributed by atoms with E-state index >= 15 is 4.39 Å². The highest BCUT2D eigenvalue weighted by Gasteiger charge is 2.81. The third-order valence-electron chi connectivity index (χ3n) is 7.50. The maximum atomic E-state index is 15.7. The monoisotopic (exact) mass is 888 g/mol. The van der Waals surface area contributed by atoms with Crippen LogP contribution in [0.1, 0.15) is 0 Å². The number of halogens is 6. The number of allylic oxidation sites excluding steroid dienone is 1. The lowest BCUT2D eigenvalue weighted by atomic mass is 9.95. The molecule has 1 aliphatic rings. The van der Waals surface area contributed by atoms with E-state index in [1.54, 1.807) is 13.2 Å². The maximum absolute atomic E-state index is 15.7. The molecule has 0 saturated carbocycles. The summed E-state index contributed by atoms with van der Waals surface area (Å²) in [6, 6.07) is 42.5. The van der Waals surface area contributed by atoms with E-state index in [2.05, 4.69) is 72.8 Å². The van der Waals surface area contributed by atoms with Crippen LogP contribution in [0.4, 0.5) is 26.3 Å². The molecule has 0 saturated heterocycles. The van der Waals surface area contributed by atoms with Crippen molar-refractivity contribution >= 4 is 42.0 Å². The molecule has 3 unspecified atom stereocenters. The van der Waals surface area contributed by atoms with E-state index in [4.69, 9.17) is 35.4 Å². The van der Waals surface area contributed by atoms with Gasteiger partial charge >= 0.3 is 16.8 Å². The molecular formula is C40H38F6O8S4. The first-order valence-corrected chi connectivity index (χ1v) is 22.6. The first kappa shape index (κ1) is 47.9. The van der Waals surface area contributed by atoms with E-state index in [-0.39, 0.29) is 32.8 Å². The van der Waals surface area contributed by atoms with E-state index in [1.165, 1.54) is 70.3 Å². The van der Waals surface area contributed by atoms with Crippen LogP contribution in [0.15, 0.2) is 176 Å². The molecule has 0 heterocycles. The van der Waals surface area contributed by atoms with Crippen molar-refractivity contribution in [2.45, 2.75) is 47.5 Å². The molecule has 0 N–H and O–H groups in total. The molecule has 5 aromatic carbocycles. The number of alkyl halides is 6. The minimum absolute atomic E-state index is 0.0573. The predicted molar refractivity (Wildman–Crippen MR) is 210 cm³/mol. The molecule has 0 aromatic heterocycles. The summed E-state index contributed by atoms with van der Waals surface area (Å²) in [4.78, 5) is 4.10. The average Bonchev–Trinajstić information content (AvgIpc) is 3.17. The van der Waals surface area contributed by atoms with Crippen molar-refractivity contribution in [2.24, 2.45) is 0 Å². The van der Waals surface area contributed by atoms with Gasteiger partial charge in [0.2, 0.25) is 0 Å². The summed E-state index contributed by atoms with van der Waals surface area (Å²) in [5.41, 5.74) is 0. The van der Waals surface area contributed by atoms with E-state index in [0.29, 0.717) is 18.3 Å². The summed E-state index contributed by atoms with van der Waals surface area (Å²) in [5.74, 6) is -9.15. The van der Waals surface area contributed by atoms with Crippen LogP contribution in [0.3, 0.4) is 0 Å². The number of hydrogen-bond donors (Lipinski definition) is 0. The lowest BCUT2D eigenvalue weighted by molar-refractivity contribution is -0.262. The smallest absolute Gasteiger partial charge is 0.396 e.